The lowest BCUT2D eigenvalue weighted by Crippen LogP contribution is -2.41. The summed E-state index contributed by atoms with van der Waals surface area (Å²) in [6.07, 6.45) is -0.0705. The molecule has 6 heteroatoms. The maximum Gasteiger partial charge on any atom is 0.326 e. The molecule has 0 aliphatic rings. The van der Waals surface area contributed by atoms with Gasteiger partial charge in [0.05, 0.1) is 0 Å². The van der Waals surface area contributed by atoms with Crippen molar-refractivity contribution in [2.24, 2.45) is 0 Å². The highest BCUT2D eigenvalue weighted by molar-refractivity contribution is 5.97. The molecule has 1 aromatic rings. The number of carboxylic acid groups (broad SMARTS) is 1. The molecule has 0 bridgehead atoms. The van der Waals surface area contributed by atoms with E-state index in [4.69, 9.17) is 10.2 Å². The number of phenols is 1. The van der Waals surface area contributed by atoms with E-state index >= 15 is 0 Å². The van der Waals surface area contributed by atoms with Crippen LogP contribution < -0.4 is 5.32 Å². The number of hydrogen-bond acceptors (Lipinski definition) is 4. The van der Waals surface area contributed by atoms with Gasteiger partial charge in [-0.3, -0.25) is 4.79 Å². The summed E-state index contributed by atoms with van der Waals surface area (Å²) in [4.78, 5) is 22.5. The van der Waals surface area contributed by atoms with E-state index in [1.807, 2.05) is 0 Å². The molecule has 0 radical (unpaired) electrons. The molecule has 0 aromatic heterocycles. The number of carboxylic acids is 1. The Morgan fingerprint density at radius 3 is 2.56 bits per heavy atom. The van der Waals surface area contributed by atoms with E-state index in [1.54, 1.807) is 13.0 Å². The van der Waals surface area contributed by atoms with E-state index in [9.17, 15) is 14.7 Å². The number of carbonyl (C=O) groups is 2. The molecule has 0 aliphatic carbocycles. The number of aliphatic hydroxyl groups is 1. The minimum atomic E-state index is -1.21. The van der Waals surface area contributed by atoms with Crippen molar-refractivity contribution in [2.75, 3.05) is 6.61 Å². The van der Waals surface area contributed by atoms with Gasteiger partial charge in [-0.05, 0) is 24.6 Å². The van der Waals surface area contributed by atoms with Crippen LogP contribution in [-0.4, -0.2) is 39.8 Å². The van der Waals surface area contributed by atoms with Crippen molar-refractivity contribution in [1.82, 2.24) is 5.32 Å². The zero-order valence-corrected chi connectivity index (χ0v) is 9.88. The Labute approximate surface area is 104 Å². The molecule has 0 saturated carbocycles. The predicted molar refractivity (Wildman–Crippen MR) is 63.4 cm³/mol. The number of aromatic hydroxyl groups is 1. The van der Waals surface area contributed by atoms with E-state index < -0.39 is 17.9 Å². The fraction of sp³-hybridized carbons (Fsp3) is 0.333. The lowest BCUT2D eigenvalue weighted by atomic mass is 10.1. The molecular formula is C12H15NO5. The van der Waals surface area contributed by atoms with Gasteiger partial charge in [-0.2, -0.15) is 0 Å². The van der Waals surface area contributed by atoms with E-state index in [2.05, 4.69) is 5.32 Å². The third kappa shape index (κ3) is 3.46. The molecule has 98 valence electrons. The summed E-state index contributed by atoms with van der Waals surface area (Å²) in [5.74, 6) is -1.85. The number of nitrogens with one attached hydrogen (secondary N) is 1. The maximum absolute atomic E-state index is 11.7. The summed E-state index contributed by atoms with van der Waals surface area (Å²) in [5.41, 5.74) is 0.791. The Morgan fingerprint density at radius 2 is 2.06 bits per heavy atom. The molecule has 1 aromatic carbocycles. The minimum Gasteiger partial charge on any atom is -0.508 e. The monoisotopic (exact) mass is 253 g/mol. The van der Waals surface area contributed by atoms with Crippen molar-refractivity contribution in [2.45, 2.75) is 19.4 Å². The molecule has 0 fully saturated rings. The van der Waals surface area contributed by atoms with Gasteiger partial charge < -0.3 is 20.6 Å². The average molecular weight is 253 g/mol. The molecule has 1 atom stereocenters. The van der Waals surface area contributed by atoms with Gasteiger partial charge in [-0.15, -0.1) is 0 Å². The quantitative estimate of drug-likeness (QED) is 0.602. The molecule has 0 heterocycles. The average Bonchev–Trinajstić information content (AvgIpc) is 2.31. The largest absolute Gasteiger partial charge is 0.508 e. The number of amides is 1. The topological polar surface area (TPSA) is 107 Å². The number of carbonyl (C=O) groups excluding carboxylic acids is 1. The number of hydrogen-bond donors (Lipinski definition) is 4. The molecule has 0 aliphatic heterocycles. The van der Waals surface area contributed by atoms with Crippen LogP contribution in [-0.2, 0) is 4.79 Å². The number of benzene rings is 1. The summed E-state index contributed by atoms with van der Waals surface area (Å²) < 4.78 is 0. The first-order chi connectivity index (χ1) is 8.45. The lowest BCUT2D eigenvalue weighted by molar-refractivity contribution is -0.139. The zero-order valence-electron chi connectivity index (χ0n) is 9.88. The third-order valence-electron chi connectivity index (χ3n) is 2.49. The summed E-state index contributed by atoms with van der Waals surface area (Å²) in [7, 11) is 0. The first-order valence-corrected chi connectivity index (χ1v) is 5.40. The molecule has 1 unspecified atom stereocenters. The molecule has 6 nitrogen and oxygen atoms in total. The van der Waals surface area contributed by atoms with Crippen LogP contribution in [0.25, 0.3) is 0 Å². The van der Waals surface area contributed by atoms with Gasteiger partial charge >= 0.3 is 5.97 Å². The Morgan fingerprint density at radius 1 is 1.39 bits per heavy atom. The normalized spacial score (nSPS) is 11.9. The highest BCUT2D eigenvalue weighted by Gasteiger charge is 2.20. The SMILES string of the molecule is Cc1ccc(C(=O)NC(CCO)C(=O)O)cc1O. The van der Waals surface area contributed by atoms with Crippen LogP contribution in [0.1, 0.15) is 22.3 Å². The number of aliphatic carboxylic acids is 1. The van der Waals surface area contributed by atoms with Crippen molar-refractivity contribution in [3.63, 3.8) is 0 Å². The number of aryl methyl sites for hydroxylation is 1. The highest BCUT2D eigenvalue weighted by atomic mass is 16.4. The lowest BCUT2D eigenvalue weighted by Gasteiger charge is -2.13. The standard InChI is InChI=1S/C12H15NO5/c1-7-2-3-8(6-10(7)15)11(16)13-9(4-5-14)12(17)18/h2-3,6,9,14-15H,4-5H2,1H3,(H,13,16)(H,17,18). The number of rotatable bonds is 5. The predicted octanol–water partition coefficient (Wildman–Crippen LogP) is 0.266. The minimum absolute atomic E-state index is 0.0308. The number of aliphatic hydroxyl groups excluding tert-OH is 1. The van der Waals surface area contributed by atoms with Crippen molar-refractivity contribution >= 4 is 11.9 Å². The highest BCUT2D eigenvalue weighted by Crippen LogP contribution is 2.17. The molecule has 0 spiro atoms. The Kier molecular flexibility index (Phi) is 4.67. The van der Waals surface area contributed by atoms with Crippen LogP contribution >= 0.6 is 0 Å². The van der Waals surface area contributed by atoms with Gasteiger partial charge in [-0.25, -0.2) is 4.79 Å². The zero-order chi connectivity index (χ0) is 13.7. The van der Waals surface area contributed by atoms with Gasteiger partial charge in [-0.1, -0.05) is 6.07 Å². The van der Waals surface area contributed by atoms with Gasteiger partial charge in [0.2, 0.25) is 0 Å². The summed E-state index contributed by atoms with van der Waals surface area (Å²) >= 11 is 0. The summed E-state index contributed by atoms with van der Waals surface area (Å²) in [5, 5.41) is 29.2. The second-order valence-electron chi connectivity index (χ2n) is 3.88. The molecule has 0 saturated heterocycles. The Hall–Kier alpha value is -2.08. The van der Waals surface area contributed by atoms with Gasteiger partial charge in [0.15, 0.2) is 0 Å². The van der Waals surface area contributed by atoms with Crippen LogP contribution in [0, 0.1) is 6.92 Å². The first kappa shape index (κ1) is 14.0. The third-order valence-corrected chi connectivity index (χ3v) is 2.49. The van der Waals surface area contributed by atoms with Crippen molar-refractivity contribution in [1.29, 1.82) is 0 Å². The molecule has 18 heavy (non-hydrogen) atoms. The number of phenolic OH excluding ortho intramolecular Hbond substituents is 1. The van der Waals surface area contributed by atoms with E-state index in [0.717, 1.165) is 0 Å². The van der Waals surface area contributed by atoms with Gasteiger partial charge in [0, 0.05) is 18.6 Å². The van der Waals surface area contributed by atoms with Crippen LogP contribution in [0.15, 0.2) is 18.2 Å². The van der Waals surface area contributed by atoms with Crippen LogP contribution in [0.2, 0.25) is 0 Å². The fourth-order valence-electron chi connectivity index (χ4n) is 1.38. The van der Waals surface area contributed by atoms with Gasteiger partial charge in [0.25, 0.3) is 5.91 Å². The molecule has 1 amide bonds. The van der Waals surface area contributed by atoms with Crippen molar-refractivity contribution in [3.8, 4) is 5.75 Å². The second-order valence-corrected chi connectivity index (χ2v) is 3.88. The van der Waals surface area contributed by atoms with Gasteiger partial charge in [0.1, 0.15) is 11.8 Å². The molecular weight excluding hydrogens is 238 g/mol. The fourth-order valence-corrected chi connectivity index (χ4v) is 1.38. The van der Waals surface area contributed by atoms with Crippen LogP contribution in [0.5, 0.6) is 5.75 Å². The van der Waals surface area contributed by atoms with Crippen LogP contribution in [0.3, 0.4) is 0 Å². The van der Waals surface area contributed by atoms with Crippen molar-refractivity contribution in [3.05, 3.63) is 29.3 Å². The summed E-state index contributed by atoms with van der Waals surface area (Å²) in [6.45, 7) is 1.35. The maximum atomic E-state index is 11.7. The first-order valence-electron chi connectivity index (χ1n) is 5.40. The smallest absolute Gasteiger partial charge is 0.326 e. The summed E-state index contributed by atoms with van der Waals surface area (Å²) in [6, 6.07) is 3.17. The van der Waals surface area contributed by atoms with E-state index in [-0.39, 0.29) is 24.3 Å². The molecule has 1 rings (SSSR count). The Bertz CT molecular complexity index is 458. The molecule has 4 N–H and O–H groups in total. The second kappa shape index (κ2) is 6.02. The Balaban J connectivity index is 2.80. The van der Waals surface area contributed by atoms with E-state index in [1.165, 1.54) is 12.1 Å². The van der Waals surface area contributed by atoms with Crippen molar-refractivity contribution < 1.29 is 24.9 Å². The van der Waals surface area contributed by atoms with Crippen LogP contribution in [0.4, 0.5) is 0 Å². The van der Waals surface area contributed by atoms with E-state index in [0.29, 0.717) is 5.56 Å².